The van der Waals surface area contributed by atoms with E-state index in [0.29, 0.717) is 24.0 Å². The minimum absolute atomic E-state index is 0. The molecule has 154 valence electrons. The lowest BCUT2D eigenvalue weighted by atomic mass is 10.0. The van der Waals surface area contributed by atoms with Crippen molar-refractivity contribution in [3.63, 3.8) is 0 Å². The molecule has 6 nitrogen and oxygen atoms in total. The summed E-state index contributed by atoms with van der Waals surface area (Å²) in [6.45, 7) is 6.29. The van der Waals surface area contributed by atoms with Gasteiger partial charge in [-0.25, -0.2) is 4.98 Å². The third-order valence-electron chi connectivity index (χ3n) is 4.06. The molecule has 0 aliphatic carbocycles. The van der Waals surface area contributed by atoms with Crippen molar-refractivity contribution in [2.24, 2.45) is 11.7 Å². The summed E-state index contributed by atoms with van der Waals surface area (Å²) in [6, 6.07) is 7.67. The van der Waals surface area contributed by atoms with E-state index in [4.69, 9.17) is 5.73 Å². The van der Waals surface area contributed by atoms with Crippen LogP contribution in [0.3, 0.4) is 0 Å². The highest BCUT2D eigenvalue weighted by atomic mass is 35.5. The molecule has 1 heterocycles. The molecule has 0 saturated carbocycles. The van der Waals surface area contributed by atoms with Gasteiger partial charge in [0.1, 0.15) is 0 Å². The molecule has 0 unspecified atom stereocenters. The lowest BCUT2D eigenvalue weighted by molar-refractivity contribution is -0.119. The van der Waals surface area contributed by atoms with Crippen LogP contribution in [0.4, 0.5) is 5.13 Å². The molecule has 8 heteroatoms. The van der Waals surface area contributed by atoms with Crippen LogP contribution in [-0.4, -0.2) is 29.4 Å². The molecule has 0 aliphatic rings. The number of carbonyl (C=O) groups is 2. The smallest absolute Gasteiger partial charge is 0.243 e. The first-order valence-corrected chi connectivity index (χ1v) is 10.1. The predicted molar refractivity (Wildman–Crippen MR) is 118 cm³/mol. The summed E-state index contributed by atoms with van der Waals surface area (Å²) in [5.74, 6) is 0.176. The van der Waals surface area contributed by atoms with Crippen molar-refractivity contribution in [3.8, 4) is 11.3 Å². The Morgan fingerprint density at radius 2 is 1.89 bits per heavy atom. The van der Waals surface area contributed by atoms with Crippen molar-refractivity contribution in [1.82, 2.24) is 10.3 Å². The molecule has 0 spiro atoms. The van der Waals surface area contributed by atoms with E-state index < -0.39 is 6.04 Å². The SMILES string of the molecule is CC(=O)NCCCc1ccc(-c2csc(NC(=O)[C@@H](N)CC(C)C)n2)cc1.Cl. The highest BCUT2D eigenvalue weighted by Crippen LogP contribution is 2.25. The van der Waals surface area contributed by atoms with Crippen LogP contribution < -0.4 is 16.4 Å². The normalized spacial score (nSPS) is 11.6. The zero-order chi connectivity index (χ0) is 19.8. The van der Waals surface area contributed by atoms with Gasteiger partial charge in [-0.05, 0) is 30.7 Å². The van der Waals surface area contributed by atoms with E-state index in [1.54, 1.807) is 0 Å². The van der Waals surface area contributed by atoms with Crippen LogP contribution in [0.5, 0.6) is 0 Å². The van der Waals surface area contributed by atoms with Gasteiger partial charge in [0, 0.05) is 24.4 Å². The quantitative estimate of drug-likeness (QED) is 0.535. The molecule has 2 amide bonds. The Balaban J connectivity index is 0.00000392. The fourth-order valence-electron chi connectivity index (χ4n) is 2.68. The van der Waals surface area contributed by atoms with Gasteiger partial charge >= 0.3 is 0 Å². The zero-order valence-electron chi connectivity index (χ0n) is 16.5. The number of aryl methyl sites for hydroxylation is 1. The highest BCUT2D eigenvalue weighted by Gasteiger charge is 2.16. The molecule has 1 aromatic heterocycles. The Hall–Kier alpha value is -1.96. The third kappa shape index (κ3) is 7.96. The lowest BCUT2D eigenvalue weighted by Crippen LogP contribution is -2.36. The number of rotatable bonds is 9. The summed E-state index contributed by atoms with van der Waals surface area (Å²) in [5, 5.41) is 8.09. The van der Waals surface area contributed by atoms with Crippen molar-refractivity contribution in [3.05, 3.63) is 35.2 Å². The number of nitrogens with two attached hydrogens (primary N) is 1. The number of hydrogen-bond donors (Lipinski definition) is 3. The maximum absolute atomic E-state index is 12.1. The van der Waals surface area contributed by atoms with Crippen LogP contribution in [0, 0.1) is 5.92 Å². The second-order valence-corrected chi connectivity index (χ2v) is 7.90. The van der Waals surface area contributed by atoms with Gasteiger partial charge < -0.3 is 16.4 Å². The Morgan fingerprint density at radius 3 is 2.50 bits per heavy atom. The average molecular weight is 425 g/mol. The maximum atomic E-state index is 12.1. The van der Waals surface area contributed by atoms with E-state index in [0.717, 1.165) is 24.1 Å². The molecular formula is C20H29ClN4O2S. The summed E-state index contributed by atoms with van der Waals surface area (Å²) in [5.41, 5.74) is 8.96. The molecule has 0 bridgehead atoms. The Bertz CT molecular complexity index is 762. The second-order valence-electron chi connectivity index (χ2n) is 7.05. The predicted octanol–water partition coefficient (Wildman–Crippen LogP) is 3.61. The number of benzene rings is 1. The summed E-state index contributed by atoms with van der Waals surface area (Å²) in [4.78, 5) is 27.5. The van der Waals surface area contributed by atoms with Gasteiger partial charge in [0.25, 0.3) is 0 Å². The van der Waals surface area contributed by atoms with Gasteiger partial charge in [-0.1, -0.05) is 38.1 Å². The monoisotopic (exact) mass is 424 g/mol. The standard InChI is InChI=1S/C20H28N4O2S.ClH/c1-13(2)11-17(21)19(26)24-20-23-18(12-27-20)16-8-6-15(7-9-16)5-4-10-22-14(3)25;/h6-9,12-13,17H,4-5,10-11,21H2,1-3H3,(H,22,25)(H,23,24,26);1H/t17-;/m0./s1. The van der Waals surface area contributed by atoms with E-state index in [1.807, 2.05) is 31.4 Å². The number of hydrogen-bond acceptors (Lipinski definition) is 5. The van der Waals surface area contributed by atoms with Crippen molar-refractivity contribution < 1.29 is 9.59 Å². The number of amides is 2. The fraction of sp³-hybridized carbons (Fsp3) is 0.450. The van der Waals surface area contributed by atoms with Crippen molar-refractivity contribution >= 4 is 40.7 Å². The van der Waals surface area contributed by atoms with Crippen LogP contribution in [0.1, 0.15) is 39.2 Å². The molecule has 0 saturated heterocycles. The summed E-state index contributed by atoms with van der Waals surface area (Å²) >= 11 is 1.39. The Kier molecular flexibility index (Phi) is 10.1. The summed E-state index contributed by atoms with van der Waals surface area (Å²) < 4.78 is 0. The number of carbonyl (C=O) groups excluding carboxylic acids is 2. The average Bonchev–Trinajstić information content (AvgIpc) is 3.07. The Labute approximate surface area is 176 Å². The zero-order valence-corrected chi connectivity index (χ0v) is 18.2. The molecule has 0 fully saturated rings. The molecule has 28 heavy (non-hydrogen) atoms. The van der Waals surface area contributed by atoms with Crippen LogP contribution >= 0.6 is 23.7 Å². The van der Waals surface area contributed by atoms with Gasteiger partial charge in [0.15, 0.2) is 5.13 Å². The van der Waals surface area contributed by atoms with Gasteiger partial charge in [-0.15, -0.1) is 23.7 Å². The van der Waals surface area contributed by atoms with Crippen LogP contribution in [-0.2, 0) is 16.0 Å². The van der Waals surface area contributed by atoms with Crippen molar-refractivity contribution in [1.29, 1.82) is 0 Å². The lowest BCUT2D eigenvalue weighted by Gasteiger charge is -2.12. The van der Waals surface area contributed by atoms with Gasteiger partial charge in [0.2, 0.25) is 11.8 Å². The summed E-state index contributed by atoms with van der Waals surface area (Å²) in [6.07, 6.45) is 2.46. The highest BCUT2D eigenvalue weighted by molar-refractivity contribution is 7.14. The Morgan fingerprint density at radius 1 is 1.21 bits per heavy atom. The molecule has 0 radical (unpaired) electrons. The van der Waals surface area contributed by atoms with Crippen LogP contribution in [0.15, 0.2) is 29.6 Å². The molecule has 2 aromatic rings. The maximum Gasteiger partial charge on any atom is 0.243 e. The van der Waals surface area contributed by atoms with E-state index in [2.05, 4.69) is 27.8 Å². The van der Waals surface area contributed by atoms with Crippen molar-refractivity contribution in [2.75, 3.05) is 11.9 Å². The number of halogens is 1. The van der Waals surface area contributed by atoms with Crippen LogP contribution in [0.2, 0.25) is 0 Å². The second kappa shape index (κ2) is 11.8. The molecule has 2 rings (SSSR count). The largest absolute Gasteiger partial charge is 0.356 e. The number of aromatic nitrogens is 1. The van der Waals surface area contributed by atoms with E-state index in [-0.39, 0.29) is 24.2 Å². The van der Waals surface area contributed by atoms with E-state index >= 15 is 0 Å². The molecule has 1 aromatic carbocycles. The van der Waals surface area contributed by atoms with Gasteiger partial charge in [-0.2, -0.15) is 0 Å². The fourth-order valence-corrected chi connectivity index (χ4v) is 3.40. The third-order valence-corrected chi connectivity index (χ3v) is 4.82. The summed E-state index contributed by atoms with van der Waals surface area (Å²) in [7, 11) is 0. The first kappa shape index (κ1) is 24.1. The molecular weight excluding hydrogens is 396 g/mol. The first-order chi connectivity index (χ1) is 12.8. The van der Waals surface area contributed by atoms with Crippen LogP contribution in [0.25, 0.3) is 11.3 Å². The number of nitrogens with zero attached hydrogens (tertiary/aromatic N) is 1. The minimum atomic E-state index is -0.519. The number of thiazole rings is 1. The molecule has 1 atom stereocenters. The molecule has 4 N–H and O–H groups in total. The number of anilines is 1. The van der Waals surface area contributed by atoms with Gasteiger partial charge in [0.05, 0.1) is 11.7 Å². The van der Waals surface area contributed by atoms with E-state index in [9.17, 15) is 9.59 Å². The van der Waals surface area contributed by atoms with Gasteiger partial charge in [-0.3, -0.25) is 9.59 Å². The minimum Gasteiger partial charge on any atom is -0.356 e. The first-order valence-electron chi connectivity index (χ1n) is 9.21. The topological polar surface area (TPSA) is 97.1 Å². The molecule has 0 aliphatic heterocycles. The van der Waals surface area contributed by atoms with E-state index in [1.165, 1.54) is 23.8 Å². The number of nitrogens with one attached hydrogen (secondary N) is 2. The van der Waals surface area contributed by atoms with Crippen molar-refractivity contribution in [2.45, 2.75) is 46.1 Å².